The van der Waals surface area contributed by atoms with Gasteiger partial charge in [-0.3, -0.25) is 9.69 Å². The average molecular weight is 440 g/mol. The molecule has 162 valence electrons. The first kappa shape index (κ1) is 21.5. The van der Waals surface area contributed by atoms with Crippen LogP contribution in [0.15, 0.2) is 4.99 Å². The second kappa shape index (κ2) is 8.45. The quantitative estimate of drug-likeness (QED) is 0.720. The van der Waals surface area contributed by atoms with E-state index in [4.69, 9.17) is 9.73 Å². The van der Waals surface area contributed by atoms with Crippen LogP contribution in [0.1, 0.15) is 49.1 Å². The lowest BCUT2D eigenvalue weighted by atomic mass is 9.49. The first-order chi connectivity index (χ1) is 13.5. The lowest BCUT2D eigenvalue weighted by Gasteiger charge is -2.55. The molecule has 0 atom stereocenters. The minimum absolute atomic E-state index is 0. The van der Waals surface area contributed by atoms with Crippen LogP contribution in [-0.2, 0) is 16.1 Å². The zero-order valence-electron chi connectivity index (χ0n) is 17.7. The van der Waals surface area contributed by atoms with Gasteiger partial charge in [0.25, 0.3) is 5.91 Å². The van der Waals surface area contributed by atoms with E-state index in [0.717, 1.165) is 81.2 Å². The number of rotatable bonds is 4. The third-order valence-electron chi connectivity index (χ3n) is 7.82. The lowest BCUT2D eigenvalue weighted by molar-refractivity contribution is -0.142. The maximum Gasteiger partial charge on any atom is 0.254 e. The molecule has 1 amide bonds. The Balaban J connectivity index is 0.00000205. The van der Waals surface area contributed by atoms with E-state index in [1.54, 1.807) is 11.3 Å². The number of nitrogens with zero attached hydrogens (tertiary/aromatic N) is 3. The highest BCUT2D eigenvalue weighted by atomic mass is 35.5. The first-order valence-electron chi connectivity index (χ1n) is 11.1. The molecule has 0 radical (unpaired) electrons. The maximum absolute atomic E-state index is 13.4. The smallest absolute Gasteiger partial charge is 0.254 e. The molecule has 7 heteroatoms. The molecule has 4 aliphatic carbocycles. The lowest BCUT2D eigenvalue weighted by Crippen LogP contribution is -2.50. The van der Waals surface area contributed by atoms with Crippen LogP contribution in [-0.4, -0.2) is 48.2 Å². The summed E-state index contributed by atoms with van der Waals surface area (Å²) in [6, 6.07) is 0. The zero-order chi connectivity index (χ0) is 19.3. The molecule has 4 bridgehead atoms. The summed E-state index contributed by atoms with van der Waals surface area (Å²) in [5.74, 6) is 2.54. The molecule has 5 aliphatic rings. The molecule has 4 saturated carbocycles. The largest absolute Gasteiger partial charge is 0.379 e. The fourth-order valence-corrected chi connectivity index (χ4v) is 7.59. The fraction of sp³-hybridized carbons (Fsp3) is 0.818. The third kappa shape index (κ3) is 4.10. The van der Waals surface area contributed by atoms with E-state index in [-0.39, 0.29) is 23.7 Å². The molecule has 0 aromatic carbocycles. The second-order valence-corrected chi connectivity index (χ2v) is 10.9. The van der Waals surface area contributed by atoms with Crippen LogP contribution >= 0.6 is 23.7 Å². The fourth-order valence-electron chi connectivity index (χ4n) is 6.59. The second-order valence-electron chi connectivity index (χ2n) is 9.75. The Labute approximate surface area is 183 Å². The molecule has 1 aromatic heterocycles. The summed E-state index contributed by atoms with van der Waals surface area (Å²) in [4.78, 5) is 22.9. The van der Waals surface area contributed by atoms with Crippen LogP contribution in [0.4, 0.5) is 0 Å². The van der Waals surface area contributed by atoms with Gasteiger partial charge in [-0.15, -0.1) is 23.7 Å². The van der Waals surface area contributed by atoms with Crippen LogP contribution < -0.4 is 4.80 Å². The zero-order valence-corrected chi connectivity index (χ0v) is 19.3. The normalized spacial score (nSPS) is 34.4. The van der Waals surface area contributed by atoms with Gasteiger partial charge in [-0.2, -0.15) is 4.99 Å². The maximum atomic E-state index is 13.4. The number of hydrogen-bond donors (Lipinski definition) is 0. The molecule has 5 nitrogen and oxygen atoms in total. The Hall–Kier alpha value is -0.690. The van der Waals surface area contributed by atoms with Gasteiger partial charge >= 0.3 is 0 Å². The van der Waals surface area contributed by atoms with Gasteiger partial charge < -0.3 is 9.30 Å². The van der Waals surface area contributed by atoms with E-state index in [1.807, 2.05) is 0 Å². The van der Waals surface area contributed by atoms with Crippen molar-refractivity contribution in [3.8, 4) is 0 Å². The van der Waals surface area contributed by atoms with Crippen LogP contribution in [0.25, 0.3) is 0 Å². The topological polar surface area (TPSA) is 46.8 Å². The number of hydrogen-bond acceptors (Lipinski definition) is 4. The van der Waals surface area contributed by atoms with Crippen LogP contribution in [0.2, 0.25) is 0 Å². The number of thiazole rings is 1. The van der Waals surface area contributed by atoms with E-state index in [2.05, 4.69) is 23.3 Å². The molecule has 0 unspecified atom stereocenters. The molecule has 6 rings (SSSR count). The van der Waals surface area contributed by atoms with E-state index < -0.39 is 0 Å². The minimum atomic E-state index is -0.136. The molecule has 2 heterocycles. The van der Waals surface area contributed by atoms with Gasteiger partial charge in [0.05, 0.1) is 18.6 Å². The van der Waals surface area contributed by atoms with Crippen molar-refractivity contribution in [1.82, 2.24) is 9.47 Å². The summed E-state index contributed by atoms with van der Waals surface area (Å²) in [5.41, 5.74) is 1.12. The molecule has 0 spiro atoms. The molecule has 29 heavy (non-hydrogen) atoms. The molecular formula is C22H34ClN3O2S. The van der Waals surface area contributed by atoms with Crippen molar-refractivity contribution in [3.05, 3.63) is 15.4 Å². The summed E-state index contributed by atoms with van der Waals surface area (Å²) in [5, 5.41) is 0. The van der Waals surface area contributed by atoms with Crippen molar-refractivity contribution in [2.75, 3.05) is 32.8 Å². The van der Waals surface area contributed by atoms with Crippen molar-refractivity contribution in [2.45, 2.75) is 58.9 Å². The molecule has 5 fully saturated rings. The van der Waals surface area contributed by atoms with Crippen molar-refractivity contribution in [2.24, 2.45) is 28.2 Å². The predicted molar refractivity (Wildman–Crippen MR) is 117 cm³/mol. The summed E-state index contributed by atoms with van der Waals surface area (Å²) in [7, 11) is 0. The highest BCUT2D eigenvalue weighted by molar-refractivity contribution is 7.09. The van der Waals surface area contributed by atoms with Crippen LogP contribution in [0, 0.1) is 37.0 Å². The molecular weight excluding hydrogens is 406 g/mol. The van der Waals surface area contributed by atoms with Gasteiger partial charge in [-0.05, 0) is 70.1 Å². The monoisotopic (exact) mass is 439 g/mol. The van der Waals surface area contributed by atoms with Crippen LogP contribution in [0.3, 0.4) is 0 Å². The Bertz CT molecular complexity index is 789. The van der Waals surface area contributed by atoms with Gasteiger partial charge in [0.1, 0.15) is 0 Å². The Kier molecular flexibility index (Phi) is 6.27. The number of carbonyl (C=O) groups excluding carboxylic acids is 1. The van der Waals surface area contributed by atoms with Crippen molar-refractivity contribution >= 4 is 29.7 Å². The van der Waals surface area contributed by atoms with Crippen molar-refractivity contribution < 1.29 is 9.53 Å². The molecule has 0 N–H and O–H groups in total. The van der Waals surface area contributed by atoms with Crippen molar-refractivity contribution in [1.29, 1.82) is 0 Å². The van der Waals surface area contributed by atoms with E-state index in [9.17, 15) is 4.79 Å². The van der Waals surface area contributed by atoms with Gasteiger partial charge in [-0.1, -0.05) is 0 Å². The van der Waals surface area contributed by atoms with Gasteiger partial charge in [-0.25, -0.2) is 0 Å². The van der Waals surface area contributed by atoms with Crippen LogP contribution in [0.5, 0.6) is 0 Å². The number of aryl methyl sites for hydroxylation is 1. The Morgan fingerprint density at radius 3 is 2.24 bits per heavy atom. The average Bonchev–Trinajstić information content (AvgIpc) is 2.93. The number of carbonyl (C=O) groups is 1. The molecule has 1 aliphatic heterocycles. The number of morpholine rings is 1. The molecule has 1 aromatic rings. The van der Waals surface area contributed by atoms with Gasteiger partial charge in [0.15, 0.2) is 4.80 Å². The summed E-state index contributed by atoms with van der Waals surface area (Å²) in [6.45, 7) is 9.88. The SMILES string of the molecule is Cc1sc(=NC(=O)C23CC4CC(CC(C4)C2)C3)n(CCN2CCOCC2)c1C.Cl. The predicted octanol–water partition coefficient (Wildman–Crippen LogP) is 3.56. The highest BCUT2D eigenvalue weighted by Gasteiger charge is 2.54. The highest BCUT2D eigenvalue weighted by Crippen LogP contribution is 2.60. The van der Waals surface area contributed by atoms with E-state index >= 15 is 0 Å². The molecule has 1 saturated heterocycles. The number of halogens is 1. The van der Waals surface area contributed by atoms with E-state index in [0.29, 0.717) is 0 Å². The summed E-state index contributed by atoms with van der Waals surface area (Å²) < 4.78 is 7.75. The number of ether oxygens (including phenoxy) is 1. The van der Waals surface area contributed by atoms with Gasteiger partial charge in [0, 0.05) is 36.8 Å². The van der Waals surface area contributed by atoms with E-state index in [1.165, 1.54) is 29.8 Å². The Morgan fingerprint density at radius 1 is 1.07 bits per heavy atom. The van der Waals surface area contributed by atoms with Crippen molar-refractivity contribution in [3.63, 3.8) is 0 Å². The Morgan fingerprint density at radius 2 is 1.66 bits per heavy atom. The third-order valence-corrected chi connectivity index (χ3v) is 8.92. The minimum Gasteiger partial charge on any atom is -0.379 e. The number of aromatic nitrogens is 1. The summed E-state index contributed by atoms with van der Waals surface area (Å²) in [6.07, 6.45) is 7.38. The number of amides is 1. The first-order valence-corrected chi connectivity index (χ1v) is 11.9. The standard InChI is InChI=1S/C22H33N3O2S.ClH/c1-15-16(2)28-21(25(15)4-3-24-5-7-27-8-6-24)23-20(26)22-12-17-9-18(13-22)11-19(10-17)14-22;/h17-19H,3-14H2,1-2H3;1H. The van der Waals surface area contributed by atoms with Gasteiger partial charge in [0.2, 0.25) is 0 Å². The summed E-state index contributed by atoms with van der Waals surface area (Å²) >= 11 is 1.69.